The molecule has 1 N–H and O–H groups in total. The first-order chi connectivity index (χ1) is 14.3. The lowest BCUT2D eigenvalue weighted by Crippen LogP contribution is -2.51. The first-order valence-corrected chi connectivity index (χ1v) is 11.4. The molecule has 162 valence electrons. The molecule has 0 radical (unpaired) electrons. The lowest BCUT2D eigenvalue weighted by Gasteiger charge is -2.31. The maximum absolute atomic E-state index is 13.3. The third-order valence-electron chi connectivity index (χ3n) is 4.83. The first-order valence-electron chi connectivity index (χ1n) is 10.1. The highest BCUT2D eigenvalue weighted by Gasteiger charge is 2.29. The van der Waals surface area contributed by atoms with Crippen LogP contribution in [0.4, 0.5) is 4.39 Å². The number of halogens is 2. The van der Waals surface area contributed by atoms with Crippen LogP contribution >= 0.6 is 23.4 Å². The van der Waals surface area contributed by atoms with Gasteiger partial charge in [-0.25, -0.2) is 4.39 Å². The molecule has 0 aliphatic rings. The maximum atomic E-state index is 13.3. The Morgan fingerprint density at radius 3 is 2.27 bits per heavy atom. The van der Waals surface area contributed by atoms with Crippen molar-refractivity contribution in [3.8, 4) is 0 Å². The molecule has 0 fully saturated rings. The lowest BCUT2D eigenvalue weighted by atomic mass is 10.1. The van der Waals surface area contributed by atoms with E-state index in [0.29, 0.717) is 11.4 Å². The molecule has 0 saturated carbocycles. The number of thioether (sulfide) groups is 1. The largest absolute Gasteiger partial charge is 0.352 e. The molecule has 2 amide bonds. The molecule has 0 unspecified atom stereocenters. The molecule has 2 aromatic carbocycles. The Balaban J connectivity index is 2.19. The number of rotatable bonds is 10. The number of hydrogen-bond donors (Lipinski definition) is 1. The van der Waals surface area contributed by atoms with E-state index in [0.717, 1.165) is 16.9 Å². The Morgan fingerprint density at radius 2 is 1.70 bits per heavy atom. The number of amides is 2. The Bertz CT molecular complexity index is 830. The number of nitrogens with zero attached hydrogens (tertiary/aromatic N) is 1. The molecule has 0 aromatic heterocycles. The molecule has 4 nitrogen and oxygen atoms in total. The van der Waals surface area contributed by atoms with E-state index >= 15 is 0 Å². The zero-order chi connectivity index (χ0) is 22.1. The van der Waals surface area contributed by atoms with Gasteiger partial charge in [-0.15, -0.1) is 11.8 Å². The molecule has 30 heavy (non-hydrogen) atoms. The van der Waals surface area contributed by atoms with E-state index in [1.165, 1.54) is 23.9 Å². The minimum Gasteiger partial charge on any atom is -0.352 e. The van der Waals surface area contributed by atoms with E-state index in [-0.39, 0.29) is 36.0 Å². The van der Waals surface area contributed by atoms with Crippen molar-refractivity contribution in [1.29, 1.82) is 0 Å². The fraction of sp³-hybridized carbons (Fsp3) is 0.391. The molecule has 2 atom stereocenters. The molecule has 0 spiro atoms. The van der Waals surface area contributed by atoms with Crippen molar-refractivity contribution < 1.29 is 14.0 Å². The van der Waals surface area contributed by atoms with E-state index < -0.39 is 6.04 Å². The average molecular weight is 451 g/mol. The third-order valence-corrected chi connectivity index (χ3v) is 6.08. The van der Waals surface area contributed by atoms with E-state index in [1.807, 2.05) is 32.9 Å². The quantitative estimate of drug-likeness (QED) is 0.500. The van der Waals surface area contributed by atoms with Crippen molar-refractivity contribution in [2.75, 3.05) is 5.75 Å². The summed E-state index contributed by atoms with van der Waals surface area (Å²) in [6.07, 6.45) is 1.29. The number of nitrogens with one attached hydrogen (secondary N) is 1. The van der Waals surface area contributed by atoms with Crippen molar-refractivity contribution >= 4 is 35.2 Å². The van der Waals surface area contributed by atoms with Gasteiger partial charge in [0.25, 0.3) is 0 Å². The summed E-state index contributed by atoms with van der Waals surface area (Å²) in [4.78, 5) is 28.5. The highest BCUT2D eigenvalue weighted by Crippen LogP contribution is 2.22. The average Bonchev–Trinajstić information content (AvgIpc) is 2.74. The molecule has 0 bridgehead atoms. The van der Waals surface area contributed by atoms with Crippen molar-refractivity contribution in [1.82, 2.24) is 10.2 Å². The molecule has 7 heteroatoms. The SMILES string of the molecule is CC[C@H](C)NC(=O)[C@H](CC)N(Cc1ccc(F)cc1)C(=O)CSc1ccc(Cl)cc1. The molecular formula is C23H28ClFN2O2S. The fourth-order valence-corrected chi connectivity index (χ4v) is 3.82. The van der Waals surface area contributed by atoms with Gasteiger partial charge in [-0.3, -0.25) is 9.59 Å². The predicted molar refractivity (Wildman–Crippen MR) is 121 cm³/mol. The van der Waals surface area contributed by atoms with Crippen LogP contribution in [-0.4, -0.2) is 34.6 Å². The minimum absolute atomic E-state index is 0.0257. The Labute approximate surface area is 187 Å². The summed E-state index contributed by atoms with van der Waals surface area (Å²) in [5.41, 5.74) is 0.774. The van der Waals surface area contributed by atoms with Crippen LogP contribution in [0.25, 0.3) is 0 Å². The zero-order valence-electron chi connectivity index (χ0n) is 17.5. The summed E-state index contributed by atoms with van der Waals surface area (Å²) >= 11 is 7.31. The van der Waals surface area contributed by atoms with E-state index in [4.69, 9.17) is 11.6 Å². The first kappa shape index (κ1) is 24.2. The number of hydrogen-bond acceptors (Lipinski definition) is 3. The summed E-state index contributed by atoms with van der Waals surface area (Å²) in [5, 5.41) is 3.61. The predicted octanol–water partition coefficient (Wildman–Crippen LogP) is 5.29. The third kappa shape index (κ3) is 7.33. The van der Waals surface area contributed by atoms with Crippen molar-refractivity contribution in [2.24, 2.45) is 0 Å². The number of carbonyl (C=O) groups excluding carboxylic acids is 2. The van der Waals surface area contributed by atoms with Crippen LogP contribution < -0.4 is 5.32 Å². The highest BCUT2D eigenvalue weighted by atomic mass is 35.5. The summed E-state index contributed by atoms with van der Waals surface area (Å²) in [6.45, 7) is 6.06. The van der Waals surface area contributed by atoms with Crippen LogP contribution in [-0.2, 0) is 16.1 Å². The zero-order valence-corrected chi connectivity index (χ0v) is 19.1. The van der Waals surface area contributed by atoms with Gasteiger partial charge in [0.05, 0.1) is 5.75 Å². The molecule has 0 aliphatic heterocycles. The van der Waals surface area contributed by atoms with E-state index in [2.05, 4.69) is 5.32 Å². The molecule has 0 saturated heterocycles. The van der Waals surface area contributed by atoms with Crippen LogP contribution in [0, 0.1) is 5.82 Å². The maximum Gasteiger partial charge on any atom is 0.243 e. The van der Waals surface area contributed by atoms with E-state index in [1.54, 1.807) is 29.2 Å². The van der Waals surface area contributed by atoms with Crippen molar-refractivity contribution in [3.63, 3.8) is 0 Å². The number of benzene rings is 2. The number of carbonyl (C=O) groups is 2. The van der Waals surface area contributed by atoms with Crippen LogP contribution in [0.5, 0.6) is 0 Å². The van der Waals surface area contributed by atoms with Gasteiger partial charge in [0.1, 0.15) is 11.9 Å². The van der Waals surface area contributed by atoms with Crippen LogP contribution in [0.2, 0.25) is 5.02 Å². The van der Waals surface area contributed by atoms with E-state index in [9.17, 15) is 14.0 Å². The standard InChI is InChI=1S/C23H28ClFN2O2S/c1-4-16(3)26-23(29)21(5-2)27(14-17-6-10-19(25)11-7-17)22(28)15-30-20-12-8-18(24)9-13-20/h6-13,16,21H,4-5,14-15H2,1-3H3,(H,26,29)/t16-,21-/m0/s1. The second-order valence-corrected chi connectivity index (χ2v) is 8.62. The van der Waals surface area contributed by atoms with Gasteiger partial charge in [-0.1, -0.05) is 37.6 Å². The van der Waals surface area contributed by atoms with Gasteiger partial charge >= 0.3 is 0 Å². The van der Waals surface area contributed by atoms with Crippen LogP contribution in [0.15, 0.2) is 53.4 Å². The van der Waals surface area contributed by atoms with Crippen LogP contribution in [0.3, 0.4) is 0 Å². The second-order valence-electron chi connectivity index (χ2n) is 7.13. The van der Waals surface area contributed by atoms with Gasteiger partial charge in [0.2, 0.25) is 11.8 Å². The molecule has 0 aliphatic carbocycles. The summed E-state index contributed by atoms with van der Waals surface area (Å²) in [5.74, 6) is -0.462. The normalized spacial score (nSPS) is 12.8. The topological polar surface area (TPSA) is 49.4 Å². The minimum atomic E-state index is -0.595. The Hall–Kier alpha value is -2.05. The fourth-order valence-electron chi connectivity index (χ4n) is 2.91. The van der Waals surface area contributed by atoms with Crippen LogP contribution in [0.1, 0.15) is 39.2 Å². The molecular weight excluding hydrogens is 423 g/mol. The lowest BCUT2D eigenvalue weighted by molar-refractivity contribution is -0.139. The van der Waals surface area contributed by atoms with Gasteiger partial charge in [-0.2, -0.15) is 0 Å². The second kappa shape index (κ2) is 12.0. The summed E-state index contributed by atoms with van der Waals surface area (Å²) < 4.78 is 13.3. The Morgan fingerprint density at radius 1 is 1.07 bits per heavy atom. The smallest absolute Gasteiger partial charge is 0.243 e. The molecule has 2 rings (SSSR count). The Kier molecular flexibility index (Phi) is 9.66. The van der Waals surface area contributed by atoms with Gasteiger partial charge in [0.15, 0.2) is 0 Å². The van der Waals surface area contributed by atoms with Gasteiger partial charge in [0, 0.05) is 22.5 Å². The summed E-state index contributed by atoms with van der Waals surface area (Å²) in [7, 11) is 0. The van der Waals surface area contributed by atoms with Crippen molar-refractivity contribution in [3.05, 3.63) is 64.9 Å². The monoisotopic (exact) mass is 450 g/mol. The van der Waals surface area contributed by atoms with Gasteiger partial charge < -0.3 is 10.2 Å². The highest BCUT2D eigenvalue weighted by molar-refractivity contribution is 8.00. The molecule has 2 aromatic rings. The molecule has 0 heterocycles. The van der Waals surface area contributed by atoms with Gasteiger partial charge in [-0.05, 0) is 61.7 Å². The van der Waals surface area contributed by atoms with Crippen molar-refractivity contribution in [2.45, 2.75) is 57.1 Å². The summed E-state index contributed by atoms with van der Waals surface area (Å²) in [6, 6.07) is 12.7.